The topological polar surface area (TPSA) is 35.5 Å². The van der Waals surface area contributed by atoms with Crippen LogP contribution in [-0.2, 0) is 6.54 Å². The summed E-state index contributed by atoms with van der Waals surface area (Å²) in [5, 5.41) is 12.6. The van der Waals surface area contributed by atoms with Crippen molar-refractivity contribution < 1.29 is 5.11 Å². The van der Waals surface area contributed by atoms with Gasteiger partial charge in [-0.05, 0) is 37.1 Å². The average Bonchev–Trinajstić information content (AvgIpc) is 2.38. The number of rotatable bonds is 7. The predicted molar refractivity (Wildman–Crippen MR) is 85.6 cm³/mol. The summed E-state index contributed by atoms with van der Waals surface area (Å²) in [6.07, 6.45) is 0. The van der Waals surface area contributed by atoms with Crippen LogP contribution in [-0.4, -0.2) is 31.3 Å². The Bertz CT molecular complexity index is 396. The summed E-state index contributed by atoms with van der Waals surface area (Å²) in [7, 11) is 2.00. The van der Waals surface area contributed by atoms with E-state index < -0.39 is 0 Å². The standard InChI is InChI=1S/C15H25BrN2O/c1-11(2)8-17-9-13-5-6-14(7-15(13)16)18(4)12(3)10-19/h5-7,11-12,17,19H,8-10H2,1-4H3. The zero-order valence-electron chi connectivity index (χ0n) is 12.3. The van der Waals surface area contributed by atoms with Crippen molar-refractivity contribution in [2.45, 2.75) is 33.4 Å². The molecule has 0 saturated carbocycles. The molecule has 0 bridgehead atoms. The number of aliphatic hydroxyl groups excluding tert-OH is 1. The molecule has 0 aliphatic rings. The summed E-state index contributed by atoms with van der Waals surface area (Å²) in [5.74, 6) is 0.662. The normalized spacial score (nSPS) is 12.8. The fourth-order valence-electron chi connectivity index (χ4n) is 1.77. The van der Waals surface area contributed by atoms with Crippen LogP contribution in [0.5, 0.6) is 0 Å². The van der Waals surface area contributed by atoms with Crippen LogP contribution in [0.4, 0.5) is 5.69 Å². The summed E-state index contributed by atoms with van der Waals surface area (Å²) in [5.41, 5.74) is 2.37. The Morgan fingerprint density at radius 2 is 2.00 bits per heavy atom. The van der Waals surface area contributed by atoms with Crippen LogP contribution in [0.1, 0.15) is 26.3 Å². The second kappa shape index (κ2) is 7.88. The number of halogens is 1. The Morgan fingerprint density at radius 1 is 1.32 bits per heavy atom. The number of anilines is 1. The van der Waals surface area contributed by atoms with E-state index in [-0.39, 0.29) is 12.6 Å². The predicted octanol–water partition coefficient (Wildman–Crippen LogP) is 3.01. The Kier molecular flexibility index (Phi) is 6.83. The molecule has 0 spiro atoms. The zero-order valence-corrected chi connectivity index (χ0v) is 13.9. The van der Waals surface area contributed by atoms with Crippen LogP contribution in [0.15, 0.2) is 22.7 Å². The molecule has 4 heteroatoms. The molecule has 0 aliphatic heterocycles. The van der Waals surface area contributed by atoms with Gasteiger partial charge in [0, 0.05) is 29.8 Å². The lowest BCUT2D eigenvalue weighted by molar-refractivity contribution is 0.270. The minimum Gasteiger partial charge on any atom is -0.394 e. The zero-order chi connectivity index (χ0) is 14.4. The summed E-state index contributed by atoms with van der Waals surface area (Å²) < 4.78 is 1.11. The Labute approximate surface area is 125 Å². The van der Waals surface area contributed by atoms with E-state index in [0.29, 0.717) is 5.92 Å². The maximum absolute atomic E-state index is 9.20. The first kappa shape index (κ1) is 16.5. The number of nitrogens with one attached hydrogen (secondary N) is 1. The van der Waals surface area contributed by atoms with Crippen molar-refractivity contribution in [1.82, 2.24) is 5.32 Å². The van der Waals surface area contributed by atoms with Gasteiger partial charge in [0.1, 0.15) is 0 Å². The van der Waals surface area contributed by atoms with Crippen LogP contribution in [0, 0.1) is 5.92 Å². The van der Waals surface area contributed by atoms with Crippen LogP contribution in [0.25, 0.3) is 0 Å². The molecule has 0 radical (unpaired) electrons. The number of aliphatic hydroxyl groups is 1. The molecule has 1 aromatic carbocycles. The number of likely N-dealkylation sites (N-methyl/N-ethyl adjacent to an activating group) is 1. The maximum atomic E-state index is 9.20. The molecule has 0 heterocycles. The van der Waals surface area contributed by atoms with Crippen LogP contribution >= 0.6 is 15.9 Å². The van der Waals surface area contributed by atoms with Crippen molar-refractivity contribution in [1.29, 1.82) is 0 Å². The molecule has 0 aliphatic carbocycles. The molecule has 0 saturated heterocycles. The molecular weight excluding hydrogens is 304 g/mol. The largest absolute Gasteiger partial charge is 0.394 e. The van der Waals surface area contributed by atoms with E-state index in [2.05, 4.69) is 58.2 Å². The molecule has 1 unspecified atom stereocenters. The van der Waals surface area contributed by atoms with Crippen LogP contribution in [0.2, 0.25) is 0 Å². The first-order valence-electron chi connectivity index (χ1n) is 6.78. The molecule has 19 heavy (non-hydrogen) atoms. The summed E-state index contributed by atoms with van der Waals surface area (Å²) >= 11 is 3.62. The highest BCUT2D eigenvalue weighted by Crippen LogP contribution is 2.24. The van der Waals surface area contributed by atoms with Crippen LogP contribution in [0.3, 0.4) is 0 Å². The fraction of sp³-hybridized carbons (Fsp3) is 0.600. The van der Waals surface area contributed by atoms with E-state index >= 15 is 0 Å². The van der Waals surface area contributed by atoms with Crippen molar-refractivity contribution in [2.75, 3.05) is 25.1 Å². The van der Waals surface area contributed by atoms with Crippen molar-refractivity contribution in [2.24, 2.45) is 5.92 Å². The number of benzene rings is 1. The number of hydrogen-bond donors (Lipinski definition) is 2. The highest BCUT2D eigenvalue weighted by molar-refractivity contribution is 9.10. The lowest BCUT2D eigenvalue weighted by atomic mass is 10.1. The van der Waals surface area contributed by atoms with E-state index in [1.165, 1.54) is 5.56 Å². The molecule has 0 fully saturated rings. The third-order valence-corrected chi connectivity index (χ3v) is 3.98. The van der Waals surface area contributed by atoms with Gasteiger partial charge < -0.3 is 15.3 Å². The quantitative estimate of drug-likeness (QED) is 0.807. The molecule has 0 amide bonds. The number of nitrogens with zero attached hydrogens (tertiary/aromatic N) is 1. The molecule has 3 nitrogen and oxygen atoms in total. The van der Waals surface area contributed by atoms with Gasteiger partial charge in [0.15, 0.2) is 0 Å². The van der Waals surface area contributed by atoms with Gasteiger partial charge >= 0.3 is 0 Å². The van der Waals surface area contributed by atoms with Gasteiger partial charge in [-0.15, -0.1) is 0 Å². The fourth-order valence-corrected chi connectivity index (χ4v) is 2.28. The smallest absolute Gasteiger partial charge is 0.0632 e. The minimum absolute atomic E-state index is 0.122. The first-order chi connectivity index (χ1) is 8.95. The Morgan fingerprint density at radius 3 is 2.53 bits per heavy atom. The SMILES string of the molecule is CC(C)CNCc1ccc(N(C)C(C)CO)cc1Br. The summed E-state index contributed by atoms with van der Waals surface area (Å²) in [4.78, 5) is 2.08. The van der Waals surface area contributed by atoms with Crippen molar-refractivity contribution in [3.63, 3.8) is 0 Å². The molecule has 2 N–H and O–H groups in total. The number of hydrogen-bond acceptors (Lipinski definition) is 3. The van der Waals surface area contributed by atoms with Crippen molar-refractivity contribution in [3.05, 3.63) is 28.2 Å². The van der Waals surface area contributed by atoms with Crippen molar-refractivity contribution in [3.8, 4) is 0 Å². The Hall–Kier alpha value is -0.580. The van der Waals surface area contributed by atoms with E-state index in [9.17, 15) is 5.11 Å². The van der Waals surface area contributed by atoms with Gasteiger partial charge in [0.2, 0.25) is 0 Å². The van der Waals surface area contributed by atoms with Crippen LogP contribution < -0.4 is 10.2 Å². The van der Waals surface area contributed by atoms with Gasteiger partial charge in [-0.25, -0.2) is 0 Å². The lowest BCUT2D eigenvalue weighted by Crippen LogP contribution is -2.31. The molecule has 0 aromatic heterocycles. The van der Waals surface area contributed by atoms with E-state index in [1.54, 1.807) is 0 Å². The van der Waals surface area contributed by atoms with Gasteiger partial charge in [0.05, 0.1) is 6.61 Å². The molecule has 108 valence electrons. The molecular formula is C15H25BrN2O. The first-order valence-corrected chi connectivity index (χ1v) is 7.57. The summed E-state index contributed by atoms with van der Waals surface area (Å²) in [6.45, 7) is 8.47. The van der Waals surface area contributed by atoms with Gasteiger partial charge in [-0.2, -0.15) is 0 Å². The lowest BCUT2D eigenvalue weighted by Gasteiger charge is -2.26. The minimum atomic E-state index is 0.122. The van der Waals surface area contributed by atoms with E-state index in [4.69, 9.17) is 0 Å². The second-order valence-electron chi connectivity index (χ2n) is 5.44. The monoisotopic (exact) mass is 328 g/mol. The average molecular weight is 329 g/mol. The van der Waals surface area contributed by atoms with Crippen molar-refractivity contribution >= 4 is 21.6 Å². The highest BCUT2D eigenvalue weighted by atomic mass is 79.9. The summed E-state index contributed by atoms with van der Waals surface area (Å²) in [6, 6.07) is 6.46. The molecule has 1 rings (SSSR count). The van der Waals surface area contributed by atoms with E-state index in [1.807, 2.05) is 14.0 Å². The third kappa shape index (κ3) is 5.13. The van der Waals surface area contributed by atoms with Gasteiger partial charge in [0.25, 0.3) is 0 Å². The highest BCUT2D eigenvalue weighted by Gasteiger charge is 2.10. The van der Waals surface area contributed by atoms with Gasteiger partial charge in [-0.1, -0.05) is 35.8 Å². The Balaban J connectivity index is 2.69. The molecule has 1 aromatic rings. The second-order valence-corrected chi connectivity index (χ2v) is 6.30. The third-order valence-electron chi connectivity index (χ3n) is 3.24. The molecule has 1 atom stereocenters. The maximum Gasteiger partial charge on any atom is 0.0632 e. The van der Waals surface area contributed by atoms with E-state index in [0.717, 1.165) is 23.2 Å². The van der Waals surface area contributed by atoms with Gasteiger partial charge in [-0.3, -0.25) is 0 Å².